The quantitative estimate of drug-likeness (QED) is 0.0541. The number of hydrogen-bond donors (Lipinski definition) is 2. The number of carbonyl (C=O) groups is 4. The predicted molar refractivity (Wildman–Crippen MR) is 259 cm³/mol. The van der Waals surface area contributed by atoms with Crippen LogP contribution in [-0.2, 0) is 26.3 Å². The number of unbranched alkanes of at least 4 members (excludes halogenated alkanes) is 6. The van der Waals surface area contributed by atoms with Crippen molar-refractivity contribution in [3.8, 4) is 11.5 Å². The zero-order valence-electron chi connectivity index (χ0n) is 39.7. The van der Waals surface area contributed by atoms with Crippen molar-refractivity contribution < 1.29 is 33.4 Å². The Morgan fingerprint density at radius 1 is 0.761 bits per heavy atom. The maximum Gasteiger partial charge on any atom is 0.262 e. The van der Waals surface area contributed by atoms with Gasteiger partial charge in [0.25, 0.3) is 11.8 Å². The van der Waals surface area contributed by atoms with Crippen LogP contribution in [0, 0.1) is 11.3 Å². The van der Waals surface area contributed by atoms with Gasteiger partial charge in [-0.05, 0) is 122 Å². The van der Waals surface area contributed by atoms with Crippen LogP contribution in [0.4, 0.5) is 11.6 Å². The molecular weight excluding hydrogens is 845 g/mol. The molecule has 1 aliphatic carbocycles. The largest absolute Gasteiger partial charge is 0.494 e. The summed E-state index contributed by atoms with van der Waals surface area (Å²) in [6, 6.07) is 23.0. The molecule has 67 heavy (non-hydrogen) atoms. The first-order chi connectivity index (χ1) is 32.5. The van der Waals surface area contributed by atoms with Gasteiger partial charge >= 0.3 is 0 Å². The fourth-order valence-electron chi connectivity index (χ4n) is 10.3. The Bertz CT molecular complexity index is 2350. The van der Waals surface area contributed by atoms with Gasteiger partial charge in [-0.25, -0.2) is 9.97 Å². The maximum atomic E-state index is 13.1. The number of amides is 4. The van der Waals surface area contributed by atoms with E-state index in [4.69, 9.17) is 19.2 Å². The standard InChI is InChI=1S/C54H68N6O7/c1-38-24-26-54(35-38)27-30-59(37-54)52-56-29-25-42(57-52)36-67-44-19-14-40(15-20-44)53(2,3)39-12-17-43(18-13-39)66-33-10-7-5-4-6-9-31-65-32-11-8-28-55-41-16-21-45-46(34-41)51(64)60(50(45)63)47-22-23-48(61)58-49(47)62/h12-21,25,29,34,38,47,55H,4-11,22-24,26-28,30-33,35-37H2,1-3H3,(H,58,61,62). The lowest BCUT2D eigenvalue weighted by Gasteiger charge is -2.27. The summed E-state index contributed by atoms with van der Waals surface area (Å²) in [6.45, 7) is 12.3. The van der Waals surface area contributed by atoms with E-state index in [1.54, 1.807) is 18.2 Å². The van der Waals surface area contributed by atoms with Crippen LogP contribution in [-0.4, -0.2) is 84.0 Å². The molecule has 1 spiro atoms. The van der Waals surface area contributed by atoms with E-state index >= 15 is 0 Å². The van der Waals surface area contributed by atoms with Crippen LogP contribution in [0.2, 0.25) is 0 Å². The number of fused-ring (bicyclic) bond motifs is 1. The minimum absolute atomic E-state index is 0.0953. The van der Waals surface area contributed by atoms with Gasteiger partial charge in [0.15, 0.2) is 0 Å². The second-order valence-corrected chi connectivity index (χ2v) is 19.8. The molecule has 3 fully saturated rings. The number of piperidine rings is 1. The first kappa shape index (κ1) is 47.7. The zero-order valence-corrected chi connectivity index (χ0v) is 39.7. The molecule has 3 aromatic carbocycles. The number of nitrogens with one attached hydrogen (secondary N) is 2. The summed E-state index contributed by atoms with van der Waals surface area (Å²) >= 11 is 0. The van der Waals surface area contributed by atoms with E-state index in [0.29, 0.717) is 31.8 Å². The van der Waals surface area contributed by atoms with E-state index in [1.165, 1.54) is 49.7 Å². The number of imide groups is 2. The molecule has 3 atom stereocenters. The number of aromatic nitrogens is 2. The topological polar surface area (TPSA) is 152 Å². The summed E-state index contributed by atoms with van der Waals surface area (Å²) < 4.78 is 18.2. The Morgan fingerprint density at radius 3 is 2.13 bits per heavy atom. The highest BCUT2D eigenvalue weighted by molar-refractivity contribution is 6.23. The van der Waals surface area contributed by atoms with Crippen molar-refractivity contribution in [1.29, 1.82) is 0 Å². The number of ether oxygens (including phenoxy) is 3. The maximum absolute atomic E-state index is 13.1. The van der Waals surface area contributed by atoms with Crippen molar-refractivity contribution in [2.24, 2.45) is 11.3 Å². The van der Waals surface area contributed by atoms with Crippen LogP contribution in [0.15, 0.2) is 79.0 Å². The Kier molecular flexibility index (Phi) is 15.6. The van der Waals surface area contributed by atoms with Gasteiger partial charge in [-0.2, -0.15) is 0 Å². The number of carbonyl (C=O) groups excluding carboxylic acids is 4. The summed E-state index contributed by atoms with van der Waals surface area (Å²) in [5, 5.41) is 5.55. The summed E-state index contributed by atoms with van der Waals surface area (Å²) in [7, 11) is 0. The van der Waals surface area contributed by atoms with Crippen molar-refractivity contribution in [3.05, 3.63) is 107 Å². The van der Waals surface area contributed by atoms with Crippen LogP contribution in [0.3, 0.4) is 0 Å². The summed E-state index contributed by atoms with van der Waals surface area (Å²) in [5.41, 5.74) is 4.91. The average Bonchev–Trinajstić information content (AvgIpc) is 4.00. The lowest BCUT2D eigenvalue weighted by atomic mass is 9.78. The molecule has 2 saturated heterocycles. The fraction of sp³-hybridized carbons (Fsp3) is 0.519. The Morgan fingerprint density at radius 2 is 1.43 bits per heavy atom. The third-order valence-electron chi connectivity index (χ3n) is 14.3. The Labute approximate surface area is 395 Å². The second-order valence-electron chi connectivity index (χ2n) is 19.8. The number of nitrogens with zero attached hydrogens (tertiary/aromatic N) is 4. The molecule has 4 heterocycles. The number of benzene rings is 3. The highest BCUT2D eigenvalue weighted by Gasteiger charge is 2.45. The summed E-state index contributed by atoms with van der Waals surface area (Å²) in [5.74, 6) is 1.38. The van der Waals surface area contributed by atoms with Gasteiger partial charge in [0.1, 0.15) is 24.1 Å². The molecule has 3 unspecified atom stereocenters. The SMILES string of the molecule is CC1CCC2(CCN(c3nccc(COc4ccc(C(C)(C)c5ccc(OCCCCCCCCOCCCCNc6ccc7c(c6)C(=O)N(C6CCC(=O)NC6=O)C7=O)cc5)cc4)n3)C2)C1. The second kappa shape index (κ2) is 21.9. The molecule has 1 saturated carbocycles. The highest BCUT2D eigenvalue weighted by atomic mass is 16.5. The molecule has 4 aromatic rings. The minimum Gasteiger partial charge on any atom is -0.494 e. The molecule has 13 heteroatoms. The van der Waals surface area contributed by atoms with E-state index in [0.717, 1.165) is 97.9 Å². The van der Waals surface area contributed by atoms with Crippen LogP contribution in [0.1, 0.15) is 148 Å². The lowest BCUT2D eigenvalue weighted by Crippen LogP contribution is -2.54. The van der Waals surface area contributed by atoms with Crippen molar-refractivity contribution >= 4 is 35.3 Å². The molecule has 4 amide bonds. The monoisotopic (exact) mass is 913 g/mol. The van der Waals surface area contributed by atoms with E-state index in [1.807, 2.05) is 12.3 Å². The summed E-state index contributed by atoms with van der Waals surface area (Å²) in [6.07, 6.45) is 15.9. The van der Waals surface area contributed by atoms with Crippen molar-refractivity contribution in [2.75, 3.05) is 49.7 Å². The van der Waals surface area contributed by atoms with E-state index in [-0.39, 0.29) is 29.4 Å². The van der Waals surface area contributed by atoms with Gasteiger partial charge in [-0.3, -0.25) is 29.4 Å². The van der Waals surface area contributed by atoms with Gasteiger partial charge in [-0.1, -0.05) is 77.1 Å². The normalized spacial score (nSPS) is 20.5. The molecular formula is C54H68N6O7. The highest BCUT2D eigenvalue weighted by Crippen LogP contribution is 2.48. The molecule has 4 aliphatic rings. The predicted octanol–water partition coefficient (Wildman–Crippen LogP) is 9.43. The molecule has 8 rings (SSSR count). The first-order valence-corrected chi connectivity index (χ1v) is 24.7. The van der Waals surface area contributed by atoms with Crippen molar-refractivity contribution in [1.82, 2.24) is 20.2 Å². The zero-order chi connectivity index (χ0) is 46.8. The lowest BCUT2D eigenvalue weighted by molar-refractivity contribution is -0.136. The van der Waals surface area contributed by atoms with Gasteiger partial charge < -0.3 is 24.4 Å². The summed E-state index contributed by atoms with van der Waals surface area (Å²) in [4.78, 5) is 62.7. The van der Waals surface area contributed by atoms with Gasteiger partial charge in [0, 0.05) is 56.6 Å². The average molecular weight is 913 g/mol. The van der Waals surface area contributed by atoms with Gasteiger partial charge in [0.2, 0.25) is 17.8 Å². The van der Waals surface area contributed by atoms with Crippen molar-refractivity contribution in [2.45, 2.75) is 129 Å². The third kappa shape index (κ3) is 11.8. The van der Waals surface area contributed by atoms with Crippen LogP contribution in [0.25, 0.3) is 0 Å². The molecule has 13 nitrogen and oxygen atoms in total. The Hall–Kier alpha value is -5.82. The Balaban J connectivity index is 0.642. The molecule has 2 N–H and O–H groups in total. The van der Waals surface area contributed by atoms with E-state index < -0.39 is 29.7 Å². The third-order valence-corrected chi connectivity index (χ3v) is 14.3. The fourth-order valence-corrected chi connectivity index (χ4v) is 10.3. The molecule has 356 valence electrons. The molecule has 0 radical (unpaired) electrons. The van der Waals surface area contributed by atoms with E-state index in [9.17, 15) is 19.2 Å². The van der Waals surface area contributed by atoms with Crippen LogP contribution < -0.4 is 25.0 Å². The van der Waals surface area contributed by atoms with Gasteiger partial charge in [0.05, 0.1) is 23.4 Å². The molecule has 1 aromatic heterocycles. The van der Waals surface area contributed by atoms with Crippen molar-refractivity contribution in [3.63, 3.8) is 0 Å². The number of rotatable bonds is 23. The number of anilines is 2. The first-order valence-electron chi connectivity index (χ1n) is 24.7. The van der Waals surface area contributed by atoms with Crippen LogP contribution in [0.5, 0.6) is 11.5 Å². The number of hydrogen-bond acceptors (Lipinski definition) is 11. The molecule has 3 aliphatic heterocycles. The van der Waals surface area contributed by atoms with Gasteiger partial charge in [-0.15, -0.1) is 0 Å². The van der Waals surface area contributed by atoms with Crippen LogP contribution >= 0.6 is 0 Å². The molecule has 0 bridgehead atoms. The smallest absolute Gasteiger partial charge is 0.262 e. The van der Waals surface area contributed by atoms with E-state index in [2.05, 4.69) is 89.8 Å². The minimum atomic E-state index is -0.966.